The van der Waals surface area contributed by atoms with Gasteiger partial charge in [0, 0.05) is 11.4 Å². The van der Waals surface area contributed by atoms with Crippen LogP contribution in [0.5, 0.6) is 0 Å². The van der Waals surface area contributed by atoms with Crippen LogP contribution in [-0.4, -0.2) is 22.1 Å². The van der Waals surface area contributed by atoms with Crippen molar-refractivity contribution in [3.05, 3.63) is 29.7 Å². The number of benzene rings is 1. The normalized spacial score (nSPS) is 28.0. The van der Waals surface area contributed by atoms with E-state index in [1.54, 1.807) is 6.07 Å². The van der Waals surface area contributed by atoms with E-state index < -0.39 is 0 Å². The zero-order valence-electron chi connectivity index (χ0n) is 11.7. The fourth-order valence-corrected chi connectivity index (χ4v) is 3.96. The predicted molar refractivity (Wildman–Crippen MR) is 77.4 cm³/mol. The van der Waals surface area contributed by atoms with Crippen LogP contribution in [0, 0.1) is 17.7 Å². The molecule has 3 aliphatic rings. The second-order valence-electron chi connectivity index (χ2n) is 6.36. The molecule has 0 saturated heterocycles. The first-order chi connectivity index (χ1) is 10.2. The average molecular weight is 287 g/mol. The van der Waals surface area contributed by atoms with Gasteiger partial charge in [-0.15, -0.1) is 0 Å². The first-order valence-electron chi connectivity index (χ1n) is 7.65. The SMILES string of the molecule is O=C(N[C@H]1CC2CCC1CC2)c1n[nH]c2cc(F)ccc12. The number of amides is 1. The molecule has 2 N–H and O–H groups in total. The second-order valence-corrected chi connectivity index (χ2v) is 6.36. The lowest BCUT2D eigenvalue weighted by Gasteiger charge is -2.42. The number of carbonyl (C=O) groups is 1. The molecule has 0 unspecified atom stereocenters. The van der Waals surface area contributed by atoms with E-state index in [1.165, 1.54) is 37.8 Å². The fraction of sp³-hybridized carbons (Fsp3) is 0.500. The summed E-state index contributed by atoms with van der Waals surface area (Å²) in [7, 11) is 0. The Bertz CT molecular complexity index is 688. The van der Waals surface area contributed by atoms with E-state index in [2.05, 4.69) is 15.5 Å². The van der Waals surface area contributed by atoms with Crippen LogP contribution >= 0.6 is 0 Å². The summed E-state index contributed by atoms with van der Waals surface area (Å²) in [6, 6.07) is 4.60. The average Bonchev–Trinajstić information content (AvgIpc) is 2.91. The van der Waals surface area contributed by atoms with Gasteiger partial charge < -0.3 is 5.32 Å². The Morgan fingerprint density at radius 3 is 2.81 bits per heavy atom. The maximum Gasteiger partial charge on any atom is 0.272 e. The van der Waals surface area contributed by atoms with Crippen molar-refractivity contribution in [3.63, 3.8) is 0 Å². The Balaban J connectivity index is 1.56. The Morgan fingerprint density at radius 2 is 2.10 bits per heavy atom. The van der Waals surface area contributed by atoms with E-state index in [4.69, 9.17) is 0 Å². The van der Waals surface area contributed by atoms with Crippen LogP contribution in [0.25, 0.3) is 10.9 Å². The predicted octanol–water partition coefficient (Wildman–Crippen LogP) is 3.01. The summed E-state index contributed by atoms with van der Waals surface area (Å²) < 4.78 is 13.2. The molecule has 5 rings (SSSR count). The summed E-state index contributed by atoms with van der Waals surface area (Å²) in [6.45, 7) is 0. The number of fused-ring (bicyclic) bond motifs is 4. The number of nitrogens with zero attached hydrogens (tertiary/aromatic N) is 1. The number of aromatic amines is 1. The minimum absolute atomic E-state index is 0.148. The summed E-state index contributed by atoms with van der Waals surface area (Å²) in [5, 5.41) is 10.6. The molecule has 0 spiro atoms. The van der Waals surface area contributed by atoms with Crippen molar-refractivity contribution < 1.29 is 9.18 Å². The van der Waals surface area contributed by atoms with Crippen molar-refractivity contribution in [2.45, 2.75) is 38.1 Å². The highest BCUT2D eigenvalue weighted by molar-refractivity contribution is 6.04. The number of aromatic nitrogens is 2. The van der Waals surface area contributed by atoms with Crippen LogP contribution in [0.2, 0.25) is 0 Å². The molecule has 3 saturated carbocycles. The summed E-state index contributed by atoms with van der Waals surface area (Å²) in [6.07, 6.45) is 6.15. The maximum atomic E-state index is 13.2. The first-order valence-corrected chi connectivity index (χ1v) is 7.65. The lowest BCUT2D eigenvalue weighted by molar-refractivity contribution is 0.0807. The zero-order chi connectivity index (χ0) is 14.4. The topological polar surface area (TPSA) is 57.8 Å². The van der Waals surface area contributed by atoms with Gasteiger partial charge in [-0.1, -0.05) is 12.8 Å². The largest absolute Gasteiger partial charge is 0.348 e. The van der Waals surface area contributed by atoms with E-state index in [1.807, 2.05) is 0 Å². The lowest BCUT2D eigenvalue weighted by atomic mass is 9.68. The molecule has 110 valence electrons. The molecule has 3 aliphatic carbocycles. The Hall–Kier alpha value is -1.91. The quantitative estimate of drug-likeness (QED) is 0.892. The van der Waals surface area contributed by atoms with Crippen LogP contribution in [0.3, 0.4) is 0 Å². The molecule has 2 bridgehead atoms. The van der Waals surface area contributed by atoms with Gasteiger partial charge in [0.2, 0.25) is 0 Å². The van der Waals surface area contributed by atoms with Gasteiger partial charge in [-0.3, -0.25) is 9.89 Å². The van der Waals surface area contributed by atoms with E-state index in [0.717, 1.165) is 12.3 Å². The molecule has 0 aliphatic heterocycles. The number of carbonyl (C=O) groups excluding carboxylic acids is 1. The monoisotopic (exact) mass is 287 g/mol. The summed E-state index contributed by atoms with van der Waals surface area (Å²) >= 11 is 0. The number of rotatable bonds is 2. The van der Waals surface area contributed by atoms with Gasteiger partial charge in [0.05, 0.1) is 5.52 Å². The molecule has 2 aromatic rings. The number of hydrogen-bond donors (Lipinski definition) is 2. The molecule has 1 aromatic heterocycles. The third kappa shape index (κ3) is 2.20. The maximum absolute atomic E-state index is 13.2. The van der Waals surface area contributed by atoms with Crippen LogP contribution in [0.4, 0.5) is 4.39 Å². The molecule has 1 amide bonds. The van der Waals surface area contributed by atoms with E-state index in [9.17, 15) is 9.18 Å². The van der Waals surface area contributed by atoms with Gasteiger partial charge in [0.15, 0.2) is 5.69 Å². The van der Waals surface area contributed by atoms with E-state index >= 15 is 0 Å². The lowest BCUT2D eigenvalue weighted by Crippen LogP contribution is -2.47. The van der Waals surface area contributed by atoms with Gasteiger partial charge in [0.25, 0.3) is 5.91 Å². The summed E-state index contributed by atoms with van der Waals surface area (Å²) in [5.74, 6) is 0.903. The smallest absolute Gasteiger partial charge is 0.272 e. The van der Waals surface area contributed by atoms with E-state index in [0.29, 0.717) is 22.5 Å². The number of nitrogens with one attached hydrogen (secondary N) is 2. The second kappa shape index (κ2) is 4.83. The minimum atomic E-state index is -0.331. The number of halogens is 1. The minimum Gasteiger partial charge on any atom is -0.348 e. The van der Waals surface area contributed by atoms with Crippen molar-refractivity contribution in [2.75, 3.05) is 0 Å². The molecule has 4 nitrogen and oxygen atoms in total. The zero-order valence-corrected chi connectivity index (χ0v) is 11.7. The molecule has 1 aromatic carbocycles. The van der Waals surface area contributed by atoms with Gasteiger partial charge >= 0.3 is 0 Å². The van der Waals surface area contributed by atoms with E-state index in [-0.39, 0.29) is 17.8 Å². The molecular weight excluding hydrogens is 269 g/mol. The third-order valence-corrected chi connectivity index (χ3v) is 5.10. The number of hydrogen-bond acceptors (Lipinski definition) is 2. The Kier molecular flexibility index (Phi) is 2.94. The highest BCUT2D eigenvalue weighted by Crippen LogP contribution is 2.41. The van der Waals surface area contributed by atoms with Crippen molar-refractivity contribution in [3.8, 4) is 0 Å². The molecule has 0 radical (unpaired) electrons. The van der Waals surface area contributed by atoms with Crippen molar-refractivity contribution in [1.29, 1.82) is 0 Å². The third-order valence-electron chi connectivity index (χ3n) is 5.10. The molecule has 3 fully saturated rings. The van der Waals surface area contributed by atoms with Crippen molar-refractivity contribution in [1.82, 2.24) is 15.5 Å². The van der Waals surface area contributed by atoms with Crippen LogP contribution in [-0.2, 0) is 0 Å². The molecular formula is C16H18FN3O. The molecule has 1 heterocycles. The van der Waals surface area contributed by atoms with Gasteiger partial charge in [0.1, 0.15) is 5.82 Å². The standard InChI is InChI=1S/C16H18FN3O/c17-11-5-6-12-14(8-11)19-20-15(12)16(21)18-13-7-9-1-3-10(13)4-2-9/h5-6,8-10,13H,1-4,7H2,(H,18,21)(H,19,20)/t9?,10?,13-/m0/s1. The van der Waals surface area contributed by atoms with Crippen LogP contribution < -0.4 is 5.32 Å². The fourth-order valence-electron chi connectivity index (χ4n) is 3.96. The van der Waals surface area contributed by atoms with Gasteiger partial charge in [-0.2, -0.15) is 5.10 Å². The summed E-state index contributed by atoms with van der Waals surface area (Å²) in [4.78, 5) is 12.5. The summed E-state index contributed by atoms with van der Waals surface area (Å²) in [5.41, 5.74) is 0.928. The highest BCUT2D eigenvalue weighted by atomic mass is 19.1. The molecule has 1 atom stereocenters. The molecule has 5 heteroatoms. The first kappa shape index (κ1) is 12.8. The molecule has 21 heavy (non-hydrogen) atoms. The Morgan fingerprint density at radius 1 is 1.29 bits per heavy atom. The number of H-pyrrole nitrogens is 1. The van der Waals surface area contributed by atoms with Crippen LogP contribution in [0.15, 0.2) is 18.2 Å². The van der Waals surface area contributed by atoms with Crippen molar-refractivity contribution in [2.24, 2.45) is 11.8 Å². The van der Waals surface area contributed by atoms with Crippen molar-refractivity contribution >= 4 is 16.8 Å². The highest BCUT2D eigenvalue weighted by Gasteiger charge is 2.36. The van der Waals surface area contributed by atoms with Gasteiger partial charge in [-0.05, 0) is 49.3 Å². The Labute approximate surface area is 122 Å². The van der Waals surface area contributed by atoms with Gasteiger partial charge in [-0.25, -0.2) is 4.39 Å². The van der Waals surface area contributed by atoms with Crippen LogP contribution in [0.1, 0.15) is 42.6 Å².